The molecule has 3 nitrogen and oxygen atoms in total. The molecule has 120 valence electrons. The minimum Gasteiger partial charge on any atom is -0.322 e. The van der Waals surface area contributed by atoms with Crippen LogP contribution in [0.15, 0.2) is 46.5 Å². The van der Waals surface area contributed by atoms with Crippen LogP contribution in [0.25, 0.3) is 10.6 Å². The third kappa shape index (κ3) is 3.73. The lowest BCUT2D eigenvalue weighted by Gasteiger charge is -2.19. The highest BCUT2D eigenvalue weighted by molar-refractivity contribution is 7.14. The Morgan fingerprint density at radius 3 is 2.71 bits per heavy atom. The molecule has 0 fully saturated rings. The van der Waals surface area contributed by atoms with Gasteiger partial charge in [-0.15, -0.1) is 17.8 Å². The quantitative estimate of drug-likeness (QED) is 0.635. The number of terminal acetylenes is 1. The van der Waals surface area contributed by atoms with Crippen molar-refractivity contribution in [2.24, 2.45) is 0 Å². The SMILES string of the molecule is C#CCN(Cc1ccc(C)cc1)C(=O)c1csc(-c2ccsc2)n1. The highest BCUT2D eigenvalue weighted by Crippen LogP contribution is 2.26. The summed E-state index contributed by atoms with van der Waals surface area (Å²) in [6, 6.07) is 10.1. The molecule has 0 aliphatic rings. The number of nitrogens with zero attached hydrogens (tertiary/aromatic N) is 2. The van der Waals surface area contributed by atoms with Crippen LogP contribution in [0.5, 0.6) is 0 Å². The average molecular weight is 352 g/mol. The number of hydrogen-bond acceptors (Lipinski definition) is 4. The van der Waals surface area contributed by atoms with Crippen LogP contribution in [0.2, 0.25) is 0 Å². The first-order valence-electron chi connectivity index (χ1n) is 7.44. The van der Waals surface area contributed by atoms with E-state index in [1.165, 1.54) is 16.9 Å². The third-order valence-electron chi connectivity index (χ3n) is 3.55. The Morgan fingerprint density at radius 2 is 2.04 bits per heavy atom. The van der Waals surface area contributed by atoms with Crippen LogP contribution < -0.4 is 0 Å². The molecule has 0 spiro atoms. The van der Waals surface area contributed by atoms with Gasteiger partial charge in [0.1, 0.15) is 10.7 Å². The second-order valence-electron chi connectivity index (χ2n) is 5.40. The summed E-state index contributed by atoms with van der Waals surface area (Å²) >= 11 is 3.09. The molecule has 5 heteroatoms. The van der Waals surface area contributed by atoms with Crippen molar-refractivity contribution >= 4 is 28.6 Å². The fourth-order valence-electron chi connectivity index (χ4n) is 2.28. The number of thiazole rings is 1. The van der Waals surface area contributed by atoms with Crippen molar-refractivity contribution in [3.8, 4) is 22.9 Å². The molecule has 0 radical (unpaired) electrons. The molecule has 0 saturated heterocycles. The Morgan fingerprint density at radius 1 is 1.25 bits per heavy atom. The maximum Gasteiger partial charge on any atom is 0.274 e. The highest BCUT2D eigenvalue weighted by atomic mass is 32.1. The van der Waals surface area contributed by atoms with Crippen molar-refractivity contribution in [2.75, 3.05) is 6.54 Å². The summed E-state index contributed by atoms with van der Waals surface area (Å²) in [6.07, 6.45) is 5.45. The zero-order valence-electron chi connectivity index (χ0n) is 13.2. The molecular formula is C19H16N2OS2. The van der Waals surface area contributed by atoms with E-state index in [9.17, 15) is 4.79 Å². The van der Waals surface area contributed by atoms with Gasteiger partial charge in [0.05, 0.1) is 6.54 Å². The Labute approximate surface area is 149 Å². The standard InChI is InChI=1S/C19H16N2OS2/c1-3-9-21(11-15-6-4-14(2)5-7-15)19(22)17-13-24-18(20-17)16-8-10-23-12-16/h1,4-8,10,12-13H,9,11H2,2H3. The molecule has 0 saturated carbocycles. The van der Waals surface area contributed by atoms with E-state index < -0.39 is 0 Å². The normalized spacial score (nSPS) is 10.3. The molecular weight excluding hydrogens is 336 g/mol. The number of rotatable bonds is 5. The molecule has 1 aromatic carbocycles. The number of carbonyl (C=O) groups excluding carboxylic acids is 1. The zero-order chi connectivity index (χ0) is 16.9. The summed E-state index contributed by atoms with van der Waals surface area (Å²) in [4.78, 5) is 18.9. The number of benzene rings is 1. The van der Waals surface area contributed by atoms with E-state index in [1.807, 2.05) is 48.0 Å². The molecule has 0 unspecified atom stereocenters. The van der Waals surface area contributed by atoms with Crippen molar-refractivity contribution in [2.45, 2.75) is 13.5 Å². The van der Waals surface area contributed by atoms with E-state index in [-0.39, 0.29) is 12.5 Å². The first-order valence-corrected chi connectivity index (χ1v) is 9.26. The van der Waals surface area contributed by atoms with Crippen molar-refractivity contribution in [3.05, 3.63) is 63.3 Å². The molecule has 0 aliphatic carbocycles. The third-order valence-corrected chi connectivity index (χ3v) is 5.13. The lowest BCUT2D eigenvalue weighted by Crippen LogP contribution is -2.31. The molecule has 24 heavy (non-hydrogen) atoms. The second kappa shape index (κ2) is 7.43. The molecule has 3 rings (SSSR count). The number of hydrogen-bond donors (Lipinski definition) is 0. The maximum atomic E-state index is 12.8. The molecule has 2 heterocycles. The summed E-state index contributed by atoms with van der Waals surface area (Å²) in [5.74, 6) is 2.43. The van der Waals surface area contributed by atoms with E-state index in [4.69, 9.17) is 6.42 Å². The van der Waals surface area contributed by atoms with Crippen LogP contribution in [-0.2, 0) is 6.54 Å². The van der Waals surface area contributed by atoms with Crippen molar-refractivity contribution < 1.29 is 4.79 Å². The van der Waals surface area contributed by atoms with Gasteiger partial charge in [-0.05, 0) is 23.9 Å². The van der Waals surface area contributed by atoms with Crippen LogP contribution in [0.4, 0.5) is 0 Å². The fourth-order valence-corrected chi connectivity index (χ4v) is 3.78. The first kappa shape index (κ1) is 16.4. The Balaban J connectivity index is 1.79. The summed E-state index contributed by atoms with van der Waals surface area (Å²) in [5.41, 5.74) is 3.74. The van der Waals surface area contributed by atoms with Gasteiger partial charge in [-0.2, -0.15) is 11.3 Å². The molecule has 0 aliphatic heterocycles. The van der Waals surface area contributed by atoms with Crippen LogP contribution in [0.1, 0.15) is 21.6 Å². The smallest absolute Gasteiger partial charge is 0.274 e. The molecule has 0 atom stereocenters. The van der Waals surface area contributed by atoms with E-state index in [2.05, 4.69) is 10.9 Å². The van der Waals surface area contributed by atoms with Crippen molar-refractivity contribution in [3.63, 3.8) is 0 Å². The monoisotopic (exact) mass is 352 g/mol. The molecule has 2 aromatic heterocycles. The van der Waals surface area contributed by atoms with E-state index in [1.54, 1.807) is 21.6 Å². The minimum atomic E-state index is -0.133. The van der Waals surface area contributed by atoms with E-state index in [0.717, 1.165) is 16.1 Å². The molecule has 0 bridgehead atoms. The predicted octanol–water partition coefficient (Wildman–Crippen LogP) is 4.46. The van der Waals surface area contributed by atoms with E-state index in [0.29, 0.717) is 12.2 Å². The molecule has 1 amide bonds. The predicted molar refractivity (Wildman–Crippen MR) is 100 cm³/mol. The summed E-state index contributed by atoms with van der Waals surface area (Å²) in [5, 5.41) is 6.68. The fraction of sp³-hybridized carbons (Fsp3) is 0.158. The van der Waals surface area contributed by atoms with Gasteiger partial charge in [0.15, 0.2) is 0 Å². The van der Waals surface area contributed by atoms with Crippen LogP contribution in [0.3, 0.4) is 0 Å². The second-order valence-corrected chi connectivity index (χ2v) is 7.04. The number of aryl methyl sites for hydroxylation is 1. The van der Waals surface area contributed by atoms with Gasteiger partial charge in [0.25, 0.3) is 5.91 Å². The number of carbonyl (C=O) groups is 1. The number of aromatic nitrogens is 1. The van der Waals surface area contributed by atoms with Crippen LogP contribution >= 0.6 is 22.7 Å². The highest BCUT2D eigenvalue weighted by Gasteiger charge is 2.19. The molecule has 3 aromatic rings. The Bertz CT molecular complexity index is 858. The maximum absolute atomic E-state index is 12.8. The summed E-state index contributed by atoms with van der Waals surface area (Å²) in [6.45, 7) is 2.78. The number of amides is 1. The summed E-state index contributed by atoms with van der Waals surface area (Å²) in [7, 11) is 0. The van der Waals surface area contributed by atoms with Gasteiger partial charge in [0.2, 0.25) is 0 Å². The van der Waals surface area contributed by atoms with E-state index >= 15 is 0 Å². The zero-order valence-corrected chi connectivity index (χ0v) is 14.9. The molecule has 0 N–H and O–H groups in total. The Kier molecular flexibility index (Phi) is 5.09. The van der Waals surface area contributed by atoms with Gasteiger partial charge >= 0.3 is 0 Å². The van der Waals surface area contributed by atoms with Gasteiger partial charge in [-0.1, -0.05) is 35.7 Å². The first-order chi connectivity index (χ1) is 11.7. The van der Waals surface area contributed by atoms with Crippen molar-refractivity contribution in [1.29, 1.82) is 0 Å². The van der Waals surface area contributed by atoms with Crippen molar-refractivity contribution in [1.82, 2.24) is 9.88 Å². The van der Waals surface area contributed by atoms with Crippen LogP contribution in [0, 0.1) is 19.3 Å². The van der Waals surface area contributed by atoms with Gasteiger partial charge in [-0.3, -0.25) is 4.79 Å². The topological polar surface area (TPSA) is 33.2 Å². The van der Waals surface area contributed by atoms with Crippen LogP contribution in [-0.4, -0.2) is 22.3 Å². The largest absolute Gasteiger partial charge is 0.322 e. The van der Waals surface area contributed by atoms with Gasteiger partial charge in [0, 0.05) is 22.9 Å². The summed E-state index contributed by atoms with van der Waals surface area (Å²) < 4.78 is 0. The lowest BCUT2D eigenvalue weighted by atomic mass is 10.1. The van der Waals surface area contributed by atoms with Gasteiger partial charge in [-0.25, -0.2) is 4.98 Å². The Hall–Kier alpha value is -2.42. The number of thiophene rings is 1. The average Bonchev–Trinajstić information content (AvgIpc) is 3.27. The van der Waals surface area contributed by atoms with Gasteiger partial charge < -0.3 is 4.90 Å². The lowest BCUT2D eigenvalue weighted by molar-refractivity contribution is 0.0761. The minimum absolute atomic E-state index is 0.133.